The van der Waals surface area contributed by atoms with Crippen LogP contribution < -0.4 is 46.3 Å². The van der Waals surface area contributed by atoms with Gasteiger partial charge in [-0.1, -0.05) is 84.2 Å². The number of nitriles is 1. The third kappa shape index (κ3) is 12.3. The van der Waals surface area contributed by atoms with Gasteiger partial charge in [0, 0.05) is 72.9 Å². The van der Waals surface area contributed by atoms with Crippen LogP contribution in [0.4, 0.5) is 34.1 Å². The average Bonchev–Trinajstić information content (AvgIpc) is 2.10. The van der Waals surface area contributed by atoms with Gasteiger partial charge in [0.2, 0.25) is 0 Å². The van der Waals surface area contributed by atoms with Crippen molar-refractivity contribution in [3.63, 3.8) is 0 Å². The maximum absolute atomic E-state index is 11.3. The Hall–Kier alpha value is -7.36. The summed E-state index contributed by atoms with van der Waals surface area (Å²) in [5.41, 5.74) is 14.4. The Bertz CT molecular complexity index is 3680. The molecule has 6 unspecified atom stereocenters. The van der Waals surface area contributed by atoms with Crippen LogP contribution in [0.3, 0.4) is 0 Å². The second kappa shape index (κ2) is 28.0. The minimum Gasteiger partial charge on any atom is -0.453 e. The molecule has 19 nitrogen and oxygen atoms in total. The minimum absolute atomic E-state index is 0. The molecule has 1 aromatic heterocycles. The number of rotatable bonds is 5. The molecule has 466 valence electrons. The van der Waals surface area contributed by atoms with Crippen LogP contribution in [-0.4, -0.2) is 122 Å². The summed E-state index contributed by atoms with van der Waals surface area (Å²) in [7, 11) is 6.81. The van der Waals surface area contributed by atoms with E-state index in [1.165, 1.54) is 51.4 Å². The maximum atomic E-state index is 11.3. The molecule has 6 saturated heterocycles. The molecule has 0 spiro atoms. The van der Waals surface area contributed by atoms with E-state index in [0.29, 0.717) is 76.2 Å². The van der Waals surface area contributed by atoms with Crippen molar-refractivity contribution in [3.8, 4) is 52.0 Å². The number of oxime groups is 1. The molecule has 0 amide bonds. The van der Waals surface area contributed by atoms with E-state index >= 15 is 0 Å². The van der Waals surface area contributed by atoms with E-state index in [-0.39, 0.29) is 33.1 Å². The fraction of sp³-hybridized carbons (Fsp3) is 0.403. The zero-order chi connectivity index (χ0) is 59.8. The Morgan fingerprint density at radius 3 is 1.31 bits per heavy atom. The molecule has 16 rings (SSSR count). The molecule has 88 heavy (non-hydrogen) atoms. The zero-order valence-electron chi connectivity index (χ0n) is 49.4. The first-order valence-corrected chi connectivity index (χ1v) is 30.8. The molecule has 0 saturated carbocycles. The maximum Gasteiger partial charge on any atom is 0.439 e. The number of nitrogens with zero attached hydrogens (tertiary/aromatic N) is 9. The number of nitrogens with one attached hydrogen (secondary N) is 1. The molecule has 21 heteroatoms. The van der Waals surface area contributed by atoms with Crippen molar-refractivity contribution in [1.82, 2.24) is 24.8 Å². The lowest BCUT2D eigenvalue weighted by Gasteiger charge is -2.45. The minimum atomic E-state index is -0.563. The molecule has 0 radical (unpaired) electrons. The summed E-state index contributed by atoms with van der Waals surface area (Å²) in [5.74, 6) is 8.35. The SMILES string of the molecule is C.C.CN1C2CCC1CC(N1c3ccccc3Oc3cc(-c4noc(=O)[nH]4)ccc31)C2.CN1C2CCC1CC(N1c3ccccc3Oc3cc(/C(N)=N/O)ccc31)C2.CN1C2CCC1CC(N1c3ccccc3Oc3cc(C#N)ccc31)C2.Cl.NO.[2H]CI. The summed E-state index contributed by atoms with van der Waals surface area (Å²) < 4.78 is 29.4. The molecule has 6 aromatic carbocycles. The molecule has 9 aliphatic heterocycles. The van der Waals surface area contributed by atoms with Crippen LogP contribution >= 0.6 is 35.0 Å². The molecule has 7 aromatic rings. The summed E-state index contributed by atoms with van der Waals surface area (Å²) in [6, 6.07) is 49.8. The van der Waals surface area contributed by atoms with Crippen molar-refractivity contribution in [2.45, 2.75) is 146 Å². The number of ether oxygens (including phenoxy) is 3. The summed E-state index contributed by atoms with van der Waals surface area (Å²) in [6.07, 6.45) is 14.8. The molecule has 7 N–H and O–H groups in total. The van der Waals surface area contributed by atoms with Gasteiger partial charge in [0.05, 0.1) is 45.8 Å². The Labute approximate surface area is 537 Å². The summed E-state index contributed by atoms with van der Waals surface area (Å²) in [5, 5.41) is 31.7. The molecule has 6 fully saturated rings. The van der Waals surface area contributed by atoms with Gasteiger partial charge in [-0.3, -0.25) is 9.51 Å². The van der Waals surface area contributed by atoms with Gasteiger partial charge in [-0.15, -0.1) is 12.4 Å². The number of alkyl halides is 1. The van der Waals surface area contributed by atoms with E-state index in [1.54, 1.807) is 0 Å². The number of aromatic nitrogens is 2. The zero-order valence-corrected chi connectivity index (χ0v) is 51.4. The van der Waals surface area contributed by atoms with Crippen LogP contribution in [0.2, 0.25) is 0 Å². The van der Waals surface area contributed by atoms with Crippen molar-refractivity contribution >= 4 is 75.0 Å². The highest BCUT2D eigenvalue weighted by Crippen LogP contribution is 2.54. The van der Waals surface area contributed by atoms with Crippen molar-refractivity contribution in [3.05, 3.63) is 149 Å². The third-order valence-corrected chi connectivity index (χ3v) is 19.3. The Morgan fingerprint density at radius 1 is 0.580 bits per heavy atom. The number of aromatic amines is 1. The molecule has 6 bridgehead atoms. The molecule has 0 aliphatic carbocycles. The van der Waals surface area contributed by atoms with Gasteiger partial charge in [-0.05, 0) is 188 Å². The number of hydrogen-bond donors (Lipinski definition) is 5. The topological polar surface area (TPSA) is 235 Å². The second-order valence-corrected chi connectivity index (χ2v) is 23.4. The molecular formula is C67H82ClIN12O7. The number of piperidine rings is 3. The highest BCUT2D eigenvalue weighted by molar-refractivity contribution is 14.1. The average molecular weight is 1330 g/mol. The fourth-order valence-corrected chi connectivity index (χ4v) is 15.1. The smallest absolute Gasteiger partial charge is 0.439 e. The Kier molecular flexibility index (Phi) is 20.2. The number of hydrogen-bond acceptors (Lipinski definition) is 17. The Morgan fingerprint density at radius 2 is 0.932 bits per heavy atom. The van der Waals surface area contributed by atoms with E-state index in [1.807, 2.05) is 108 Å². The van der Waals surface area contributed by atoms with E-state index < -0.39 is 5.76 Å². The monoisotopic (exact) mass is 1330 g/mol. The number of para-hydroxylation sites is 6. The summed E-state index contributed by atoms with van der Waals surface area (Å²) >= 11 is 1.96. The number of benzene rings is 6. The van der Waals surface area contributed by atoms with Crippen molar-refractivity contribution < 1.29 is 30.5 Å². The lowest BCUT2D eigenvalue weighted by atomic mass is 9.94. The predicted molar refractivity (Wildman–Crippen MR) is 358 cm³/mol. The standard InChI is InChI=1S/C22H22N4O3.C21H24N4O2.C21H21N3O.CH3I.2CH4.ClH.H3NO/c1-25-14-7-8-15(25)12-16(11-14)26-17-4-2-3-5-19(17)28-20-10-13(6-9-18(20)26)21-23-22(27)29-24-21;1-24-14-7-8-15(24)12-16(11-14)25-17-4-2-3-5-19(17)27-20-10-13(21(22)23-26)6-9-18(20)25;1-23-15-7-8-16(23)12-17(11-15)24-18-4-2-3-5-20(18)25-21-10-14(13-22)6-9-19(21)24;1-2;;;;1-2/h2-6,9-10,14-16H,7-8,11-12H2,1H3,(H,23,24,27);2-6,9-10,14-16,26H,7-8,11-12H2,1H3,(H2,22,23);2-6,9-10,15-17H,7-8,11-12H2,1H3;1H3;2*1H4;1H;2H,1H2/i;;;1D;;;;. The lowest BCUT2D eigenvalue weighted by Crippen LogP contribution is -2.48. The Balaban J connectivity index is 0.000000151. The van der Waals surface area contributed by atoms with Crippen LogP contribution in [-0.2, 0) is 0 Å². The molecule has 6 atom stereocenters. The van der Waals surface area contributed by atoms with Crippen LogP contribution in [0.15, 0.2) is 142 Å². The number of nitrogens with two attached hydrogens (primary N) is 2. The van der Waals surface area contributed by atoms with Gasteiger partial charge < -0.3 is 59.8 Å². The van der Waals surface area contributed by atoms with Gasteiger partial charge in [-0.25, -0.2) is 10.7 Å². The fourth-order valence-electron chi connectivity index (χ4n) is 15.1. The largest absolute Gasteiger partial charge is 0.453 e. The highest BCUT2D eigenvalue weighted by Gasteiger charge is 2.46. The van der Waals surface area contributed by atoms with Crippen molar-refractivity contribution in [1.29, 1.82) is 5.26 Å². The van der Waals surface area contributed by atoms with E-state index in [4.69, 9.17) is 31.7 Å². The van der Waals surface area contributed by atoms with Crippen LogP contribution in [0.25, 0.3) is 11.4 Å². The van der Waals surface area contributed by atoms with E-state index in [0.717, 1.165) is 99.9 Å². The number of halogens is 2. The van der Waals surface area contributed by atoms with Gasteiger partial charge >= 0.3 is 5.76 Å². The normalized spacial score (nSPS) is 24.7. The van der Waals surface area contributed by atoms with Crippen LogP contribution in [0, 0.1) is 11.3 Å². The number of H-pyrrole nitrogens is 1. The number of fused-ring (bicyclic) bond motifs is 12. The number of anilines is 6. The second-order valence-electron chi connectivity index (χ2n) is 23.4. The van der Waals surface area contributed by atoms with Crippen molar-refractivity contribution in [2.24, 2.45) is 16.8 Å². The quantitative estimate of drug-likeness (QED) is 0.0269. The van der Waals surface area contributed by atoms with E-state index in [2.05, 4.69) is 125 Å². The highest BCUT2D eigenvalue weighted by atomic mass is 127. The summed E-state index contributed by atoms with van der Waals surface area (Å²) in [4.78, 5) is 29.5. The molecule has 10 heterocycles. The first-order chi connectivity index (χ1) is 42.0. The van der Waals surface area contributed by atoms with Crippen LogP contribution in [0.1, 0.15) is 104 Å². The number of amidine groups is 1. The van der Waals surface area contributed by atoms with Gasteiger partial charge in [0.15, 0.2) is 46.2 Å². The lowest BCUT2D eigenvalue weighted by molar-refractivity contribution is 0.162. The summed E-state index contributed by atoms with van der Waals surface area (Å²) in [6.45, 7) is 0. The first-order valence-electron chi connectivity index (χ1n) is 30.0. The van der Waals surface area contributed by atoms with Gasteiger partial charge in [-0.2, -0.15) is 5.26 Å². The van der Waals surface area contributed by atoms with Gasteiger partial charge in [0.25, 0.3) is 0 Å². The molecular weight excluding hydrogens is 1250 g/mol. The first kappa shape index (κ1) is 63.7. The third-order valence-electron chi connectivity index (χ3n) is 19.3. The van der Waals surface area contributed by atoms with Crippen LogP contribution in [0.5, 0.6) is 34.5 Å². The molecule has 9 aliphatic rings. The van der Waals surface area contributed by atoms with E-state index in [9.17, 15) is 10.1 Å². The van der Waals surface area contributed by atoms with Gasteiger partial charge in [0.1, 0.15) is 0 Å². The predicted octanol–water partition coefficient (Wildman–Crippen LogP) is 14.1. The van der Waals surface area contributed by atoms with Crippen molar-refractivity contribution in [2.75, 3.05) is 40.7 Å².